The van der Waals surface area contributed by atoms with Gasteiger partial charge in [-0.15, -0.1) is 5.10 Å². The van der Waals surface area contributed by atoms with Gasteiger partial charge in [0.15, 0.2) is 11.5 Å². The first kappa shape index (κ1) is 16.5. The van der Waals surface area contributed by atoms with Crippen molar-refractivity contribution in [2.75, 3.05) is 11.9 Å². The number of hydrogen-bond acceptors (Lipinski definition) is 7. The molecule has 1 atom stereocenters. The van der Waals surface area contributed by atoms with Gasteiger partial charge >= 0.3 is 0 Å². The number of hydroxylamine groups is 1. The van der Waals surface area contributed by atoms with Crippen LogP contribution in [0.5, 0.6) is 0 Å². The van der Waals surface area contributed by atoms with Gasteiger partial charge in [0.05, 0.1) is 11.9 Å². The molecule has 8 nitrogen and oxygen atoms in total. The number of anilines is 1. The second-order valence-corrected chi connectivity index (χ2v) is 6.01. The molecule has 1 aliphatic heterocycles. The third kappa shape index (κ3) is 3.24. The molecule has 1 aromatic carbocycles. The van der Waals surface area contributed by atoms with Crippen LogP contribution in [0.4, 0.5) is 5.82 Å². The number of hydrogen-bond donors (Lipinski definition) is 3. The van der Waals surface area contributed by atoms with Crippen molar-refractivity contribution in [2.45, 2.75) is 26.2 Å². The Bertz CT molecular complexity index is 935. The number of aliphatic imine (C=N–C) groups is 1. The van der Waals surface area contributed by atoms with Crippen molar-refractivity contribution in [1.82, 2.24) is 20.1 Å². The number of aromatic nitrogens is 3. The lowest BCUT2D eigenvalue weighted by molar-refractivity contribution is -0.102. The van der Waals surface area contributed by atoms with Crippen molar-refractivity contribution in [3.63, 3.8) is 0 Å². The molecule has 8 heteroatoms. The molecule has 134 valence electrons. The van der Waals surface area contributed by atoms with Crippen molar-refractivity contribution < 1.29 is 9.94 Å². The van der Waals surface area contributed by atoms with E-state index in [-0.39, 0.29) is 0 Å². The molecule has 1 unspecified atom stereocenters. The van der Waals surface area contributed by atoms with Gasteiger partial charge in [0, 0.05) is 17.7 Å². The molecule has 4 rings (SSSR count). The monoisotopic (exact) mass is 352 g/mol. The molecule has 3 N–H and O–H groups in total. The zero-order valence-electron chi connectivity index (χ0n) is 14.4. The molecule has 3 aromatic rings. The largest absolute Gasteiger partial charge is 0.369 e. The molecule has 0 amide bonds. The first-order valence-electron chi connectivity index (χ1n) is 8.61. The van der Waals surface area contributed by atoms with Crippen LogP contribution in [0.3, 0.4) is 0 Å². The third-order valence-corrected chi connectivity index (χ3v) is 4.15. The lowest BCUT2D eigenvalue weighted by Gasteiger charge is -2.07. The van der Waals surface area contributed by atoms with E-state index in [4.69, 9.17) is 4.84 Å². The molecule has 0 saturated carbocycles. The third-order valence-electron chi connectivity index (χ3n) is 4.15. The van der Waals surface area contributed by atoms with Crippen molar-refractivity contribution in [2.24, 2.45) is 4.99 Å². The Balaban J connectivity index is 1.61. The summed E-state index contributed by atoms with van der Waals surface area (Å²) in [6, 6.07) is 11.6. The van der Waals surface area contributed by atoms with Gasteiger partial charge in [-0.3, -0.25) is 0 Å². The second kappa shape index (κ2) is 7.11. The van der Waals surface area contributed by atoms with Crippen molar-refractivity contribution >= 4 is 17.3 Å². The quantitative estimate of drug-likeness (QED) is 0.589. The van der Waals surface area contributed by atoms with Gasteiger partial charge in [-0.05, 0) is 18.6 Å². The summed E-state index contributed by atoms with van der Waals surface area (Å²) in [6.45, 7) is 3.06. The van der Waals surface area contributed by atoms with Gasteiger partial charge in [-0.25, -0.2) is 24.8 Å². The van der Waals surface area contributed by atoms with Crippen molar-refractivity contribution in [1.29, 1.82) is 0 Å². The number of imidazole rings is 1. The number of benzene rings is 1. The standard InChI is InChI=1S/C18H20N6O2/c1-2-3-10-19-15-8-9-16-20-11-14(24(16)22-15)12-4-6-13(7-5-12)17-21-18(25)26-23-17/h4-9,11,18,25H,2-3,10H2,1H3,(H,19,22)(H,21,23). The van der Waals surface area contributed by atoms with Gasteiger partial charge in [0.25, 0.3) is 6.41 Å². The van der Waals surface area contributed by atoms with E-state index in [0.29, 0.717) is 5.84 Å². The van der Waals surface area contributed by atoms with Crippen LogP contribution in [-0.2, 0) is 4.84 Å². The minimum atomic E-state index is -1.16. The number of unbranched alkanes of at least 4 members (excludes halogenated alkanes) is 1. The molecule has 0 spiro atoms. The van der Waals surface area contributed by atoms with Crippen LogP contribution in [-0.4, -0.2) is 38.5 Å². The van der Waals surface area contributed by atoms with Crippen molar-refractivity contribution in [3.05, 3.63) is 48.2 Å². The minimum absolute atomic E-state index is 0.503. The Kier molecular flexibility index (Phi) is 4.51. The molecule has 26 heavy (non-hydrogen) atoms. The van der Waals surface area contributed by atoms with Gasteiger partial charge in [-0.2, -0.15) is 0 Å². The molecular formula is C18H20N6O2. The average Bonchev–Trinajstić information content (AvgIpc) is 3.28. The maximum atomic E-state index is 9.29. The molecule has 0 aliphatic carbocycles. The Hall–Kier alpha value is -2.97. The maximum absolute atomic E-state index is 9.29. The number of amidine groups is 1. The summed E-state index contributed by atoms with van der Waals surface area (Å²) in [6.07, 6.45) is 2.89. The Morgan fingerprint density at radius 3 is 2.73 bits per heavy atom. The van der Waals surface area contributed by atoms with Crippen LogP contribution >= 0.6 is 0 Å². The smallest absolute Gasteiger partial charge is 0.280 e. The predicted octanol–water partition coefficient (Wildman–Crippen LogP) is 2.17. The Morgan fingerprint density at radius 2 is 2.00 bits per heavy atom. The number of aliphatic hydroxyl groups is 1. The van der Waals surface area contributed by atoms with Crippen molar-refractivity contribution in [3.8, 4) is 11.3 Å². The summed E-state index contributed by atoms with van der Waals surface area (Å²) in [5, 5.41) is 17.3. The Labute approximate surface area is 150 Å². The van der Waals surface area contributed by atoms with E-state index in [2.05, 4.69) is 32.8 Å². The second-order valence-electron chi connectivity index (χ2n) is 6.01. The predicted molar refractivity (Wildman–Crippen MR) is 98.6 cm³/mol. The number of fused-ring (bicyclic) bond motifs is 1. The van der Waals surface area contributed by atoms with E-state index in [1.807, 2.05) is 47.1 Å². The lowest BCUT2D eigenvalue weighted by atomic mass is 10.1. The van der Waals surface area contributed by atoms with Gasteiger partial charge in [0.1, 0.15) is 5.82 Å². The SMILES string of the molecule is CCCCNc1ccc2ncc(-c3ccc(C4=NC(O)ON4)cc3)n2n1. The minimum Gasteiger partial charge on any atom is -0.369 e. The summed E-state index contributed by atoms with van der Waals surface area (Å²) < 4.78 is 1.83. The highest BCUT2D eigenvalue weighted by Crippen LogP contribution is 2.22. The van der Waals surface area contributed by atoms with E-state index in [9.17, 15) is 5.11 Å². The van der Waals surface area contributed by atoms with Crippen LogP contribution in [0.15, 0.2) is 47.6 Å². The van der Waals surface area contributed by atoms with Crippen LogP contribution in [0, 0.1) is 0 Å². The van der Waals surface area contributed by atoms with E-state index in [1.54, 1.807) is 0 Å². The normalized spacial score (nSPS) is 16.5. The number of aliphatic hydroxyl groups excluding tert-OH is 1. The van der Waals surface area contributed by atoms with Gasteiger partial charge < -0.3 is 10.4 Å². The van der Waals surface area contributed by atoms with E-state index in [0.717, 1.165) is 47.7 Å². The van der Waals surface area contributed by atoms with Gasteiger partial charge in [-0.1, -0.05) is 37.6 Å². The van der Waals surface area contributed by atoms with E-state index in [1.165, 1.54) is 0 Å². The lowest BCUT2D eigenvalue weighted by Crippen LogP contribution is -2.19. The summed E-state index contributed by atoms with van der Waals surface area (Å²) in [4.78, 5) is 13.2. The Morgan fingerprint density at radius 1 is 1.19 bits per heavy atom. The summed E-state index contributed by atoms with van der Waals surface area (Å²) in [5.74, 6) is 1.33. The highest BCUT2D eigenvalue weighted by molar-refractivity contribution is 5.99. The first-order chi connectivity index (χ1) is 12.7. The molecule has 0 saturated heterocycles. The fourth-order valence-corrected chi connectivity index (χ4v) is 2.76. The number of rotatable bonds is 6. The van der Waals surface area contributed by atoms with Crippen LogP contribution in [0.1, 0.15) is 25.3 Å². The maximum Gasteiger partial charge on any atom is 0.280 e. The fourth-order valence-electron chi connectivity index (χ4n) is 2.76. The highest BCUT2D eigenvalue weighted by atomic mass is 16.7. The molecule has 2 aromatic heterocycles. The summed E-state index contributed by atoms with van der Waals surface area (Å²) >= 11 is 0. The van der Waals surface area contributed by atoms with Crippen LogP contribution in [0.25, 0.3) is 16.9 Å². The molecule has 1 aliphatic rings. The molecular weight excluding hydrogens is 332 g/mol. The molecule has 0 bridgehead atoms. The van der Waals surface area contributed by atoms with Crippen LogP contribution < -0.4 is 10.8 Å². The fraction of sp³-hybridized carbons (Fsp3) is 0.278. The number of nitrogens with zero attached hydrogens (tertiary/aromatic N) is 4. The highest BCUT2D eigenvalue weighted by Gasteiger charge is 2.16. The zero-order chi connectivity index (χ0) is 17.9. The number of nitrogens with one attached hydrogen (secondary N) is 2. The topological polar surface area (TPSA) is 96.1 Å². The molecule has 3 heterocycles. The summed E-state index contributed by atoms with van der Waals surface area (Å²) in [7, 11) is 0. The molecule has 0 fully saturated rings. The first-order valence-corrected chi connectivity index (χ1v) is 8.61. The zero-order valence-corrected chi connectivity index (χ0v) is 14.4. The van der Waals surface area contributed by atoms with E-state index >= 15 is 0 Å². The van der Waals surface area contributed by atoms with E-state index < -0.39 is 6.41 Å². The summed E-state index contributed by atoms with van der Waals surface area (Å²) in [5.41, 5.74) is 6.11. The van der Waals surface area contributed by atoms with Gasteiger partial charge in [0.2, 0.25) is 0 Å². The molecule has 0 radical (unpaired) electrons. The van der Waals surface area contributed by atoms with Crippen LogP contribution in [0.2, 0.25) is 0 Å². The average molecular weight is 352 g/mol.